The van der Waals surface area contributed by atoms with Gasteiger partial charge in [-0.25, -0.2) is 0 Å². The molecule has 0 aliphatic carbocycles. The van der Waals surface area contributed by atoms with Gasteiger partial charge in [0.2, 0.25) is 0 Å². The van der Waals surface area contributed by atoms with Crippen molar-refractivity contribution in [3.05, 3.63) is 29.3 Å². The van der Waals surface area contributed by atoms with Crippen LogP contribution in [0.3, 0.4) is 0 Å². The number of benzene rings is 1. The second kappa shape index (κ2) is 8.12. The van der Waals surface area contributed by atoms with Gasteiger partial charge in [0.15, 0.2) is 0 Å². The molecule has 0 saturated carbocycles. The summed E-state index contributed by atoms with van der Waals surface area (Å²) in [5, 5.41) is 6.36. The molecule has 1 atom stereocenters. The number of carbonyl (C=O) groups is 1. The van der Waals surface area contributed by atoms with Crippen LogP contribution in [0, 0.1) is 12.8 Å². The summed E-state index contributed by atoms with van der Waals surface area (Å²) < 4.78 is 5.24. The fourth-order valence-corrected chi connectivity index (χ4v) is 2.40. The molecule has 1 fully saturated rings. The predicted molar refractivity (Wildman–Crippen MR) is 82.9 cm³/mol. The second-order valence-electron chi connectivity index (χ2n) is 5.11. The molecule has 2 N–H and O–H groups in total. The molecular formula is C15H23ClN2O2. The minimum Gasteiger partial charge on any atom is -0.496 e. The van der Waals surface area contributed by atoms with Gasteiger partial charge in [-0.1, -0.05) is 6.07 Å². The zero-order valence-corrected chi connectivity index (χ0v) is 12.9. The van der Waals surface area contributed by atoms with Gasteiger partial charge < -0.3 is 15.4 Å². The smallest absolute Gasteiger partial charge is 0.251 e. The summed E-state index contributed by atoms with van der Waals surface area (Å²) in [5.74, 6) is 1.28. The van der Waals surface area contributed by atoms with Crippen LogP contribution < -0.4 is 15.4 Å². The Hall–Kier alpha value is -1.26. The van der Waals surface area contributed by atoms with E-state index in [2.05, 4.69) is 10.6 Å². The molecule has 1 saturated heterocycles. The number of amides is 1. The summed E-state index contributed by atoms with van der Waals surface area (Å²) >= 11 is 0. The van der Waals surface area contributed by atoms with E-state index in [0.29, 0.717) is 11.5 Å². The fourth-order valence-electron chi connectivity index (χ4n) is 2.40. The van der Waals surface area contributed by atoms with E-state index in [1.54, 1.807) is 13.2 Å². The molecule has 2 rings (SSSR count). The number of nitrogens with one attached hydrogen (secondary N) is 2. The number of piperidine rings is 1. The summed E-state index contributed by atoms with van der Waals surface area (Å²) in [7, 11) is 1.62. The van der Waals surface area contributed by atoms with E-state index in [0.717, 1.165) is 30.9 Å². The van der Waals surface area contributed by atoms with E-state index < -0.39 is 0 Å². The minimum absolute atomic E-state index is 0. The van der Waals surface area contributed by atoms with Crippen LogP contribution in [0.2, 0.25) is 0 Å². The Bertz CT molecular complexity index is 445. The number of methoxy groups -OCH3 is 1. The van der Waals surface area contributed by atoms with Gasteiger partial charge in [0.1, 0.15) is 5.75 Å². The van der Waals surface area contributed by atoms with E-state index in [1.165, 1.54) is 12.8 Å². The normalized spacial score (nSPS) is 18.0. The third-order valence-corrected chi connectivity index (χ3v) is 3.62. The Morgan fingerprint density at radius 1 is 1.50 bits per heavy atom. The lowest BCUT2D eigenvalue weighted by Gasteiger charge is -2.22. The lowest BCUT2D eigenvalue weighted by atomic mass is 9.99. The van der Waals surface area contributed by atoms with Crippen LogP contribution in [0.25, 0.3) is 0 Å². The van der Waals surface area contributed by atoms with Crippen LogP contribution in [0.1, 0.15) is 28.8 Å². The van der Waals surface area contributed by atoms with Gasteiger partial charge in [-0.3, -0.25) is 4.79 Å². The van der Waals surface area contributed by atoms with E-state index in [9.17, 15) is 4.79 Å². The van der Waals surface area contributed by atoms with Crippen LogP contribution in [0.5, 0.6) is 5.75 Å². The molecule has 1 aliphatic rings. The first-order valence-electron chi connectivity index (χ1n) is 6.84. The van der Waals surface area contributed by atoms with Crippen molar-refractivity contribution >= 4 is 18.3 Å². The maximum absolute atomic E-state index is 12.1. The molecule has 4 nitrogen and oxygen atoms in total. The van der Waals surface area contributed by atoms with Crippen molar-refractivity contribution in [1.82, 2.24) is 10.6 Å². The predicted octanol–water partition coefficient (Wildman–Crippen LogP) is 2.15. The average molecular weight is 299 g/mol. The highest BCUT2D eigenvalue weighted by Crippen LogP contribution is 2.19. The van der Waals surface area contributed by atoms with E-state index >= 15 is 0 Å². The van der Waals surface area contributed by atoms with E-state index in [1.807, 2.05) is 19.1 Å². The van der Waals surface area contributed by atoms with E-state index in [4.69, 9.17) is 4.74 Å². The number of ether oxygens (including phenoxy) is 1. The molecule has 1 aliphatic heterocycles. The van der Waals surface area contributed by atoms with Crippen molar-refractivity contribution in [1.29, 1.82) is 0 Å². The Kier molecular flexibility index (Phi) is 6.82. The summed E-state index contributed by atoms with van der Waals surface area (Å²) in [6.45, 7) is 4.80. The van der Waals surface area contributed by atoms with Crippen molar-refractivity contribution in [2.45, 2.75) is 19.8 Å². The Balaban J connectivity index is 0.00000200. The van der Waals surface area contributed by atoms with Crippen LogP contribution >= 0.6 is 12.4 Å². The number of halogens is 1. The van der Waals surface area contributed by atoms with Crippen molar-refractivity contribution in [2.75, 3.05) is 26.7 Å². The molecule has 1 aromatic rings. The van der Waals surface area contributed by atoms with E-state index in [-0.39, 0.29) is 18.3 Å². The lowest BCUT2D eigenvalue weighted by molar-refractivity contribution is 0.0944. The van der Waals surface area contributed by atoms with Gasteiger partial charge in [-0.05, 0) is 56.5 Å². The Labute approximate surface area is 126 Å². The van der Waals surface area contributed by atoms with Gasteiger partial charge in [0.25, 0.3) is 5.91 Å². The van der Waals surface area contributed by atoms with Crippen molar-refractivity contribution in [2.24, 2.45) is 5.92 Å². The average Bonchev–Trinajstić information content (AvgIpc) is 2.46. The first-order valence-corrected chi connectivity index (χ1v) is 6.84. The quantitative estimate of drug-likeness (QED) is 0.895. The Morgan fingerprint density at radius 2 is 2.30 bits per heavy atom. The molecule has 0 radical (unpaired) electrons. The first-order chi connectivity index (χ1) is 9.20. The van der Waals surface area contributed by atoms with Crippen LogP contribution in [-0.4, -0.2) is 32.7 Å². The largest absolute Gasteiger partial charge is 0.496 e. The number of carbonyl (C=O) groups excluding carboxylic acids is 1. The van der Waals surface area contributed by atoms with Crippen molar-refractivity contribution < 1.29 is 9.53 Å². The first kappa shape index (κ1) is 16.8. The second-order valence-corrected chi connectivity index (χ2v) is 5.11. The standard InChI is InChI=1S/C15H22N2O2.ClH/c1-11-5-6-13(8-14(11)19-2)15(18)17-10-12-4-3-7-16-9-12;/h5-6,8,12,16H,3-4,7,9-10H2,1-2H3,(H,17,18);1H. The number of hydrogen-bond donors (Lipinski definition) is 2. The molecule has 112 valence electrons. The van der Waals surface area contributed by atoms with Gasteiger partial charge in [0.05, 0.1) is 7.11 Å². The SMILES string of the molecule is COc1cc(C(=O)NCC2CCCNC2)ccc1C.Cl. The van der Waals surface area contributed by atoms with Gasteiger partial charge in [0, 0.05) is 12.1 Å². The molecule has 20 heavy (non-hydrogen) atoms. The summed E-state index contributed by atoms with van der Waals surface area (Å²) in [4.78, 5) is 12.1. The third-order valence-electron chi connectivity index (χ3n) is 3.62. The van der Waals surface area contributed by atoms with Gasteiger partial charge in [-0.15, -0.1) is 12.4 Å². The molecule has 0 spiro atoms. The minimum atomic E-state index is -0.0242. The Morgan fingerprint density at radius 3 is 2.95 bits per heavy atom. The summed E-state index contributed by atoms with van der Waals surface area (Å²) in [6.07, 6.45) is 2.38. The van der Waals surface area contributed by atoms with Crippen LogP contribution in [0.15, 0.2) is 18.2 Å². The monoisotopic (exact) mass is 298 g/mol. The highest BCUT2D eigenvalue weighted by Gasteiger charge is 2.15. The lowest BCUT2D eigenvalue weighted by Crippen LogP contribution is -2.38. The molecule has 0 aromatic heterocycles. The molecule has 0 bridgehead atoms. The zero-order chi connectivity index (χ0) is 13.7. The molecule has 1 unspecified atom stereocenters. The number of rotatable bonds is 4. The highest BCUT2D eigenvalue weighted by atomic mass is 35.5. The number of hydrogen-bond acceptors (Lipinski definition) is 3. The zero-order valence-electron chi connectivity index (χ0n) is 12.1. The maximum Gasteiger partial charge on any atom is 0.251 e. The summed E-state index contributed by atoms with van der Waals surface area (Å²) in [6, 6.07) is 5.55. The molecule has 1 amide bonds. The van der Waals surface area contributed by atoms with Crippen molar-refractivity contribution in [3.8, 4) is 5.75 Å². The topological polar surface area (TPSA) is 50.4 Å². The molecule has 5 heteroatoms. The summed E-state index contributed by atoms with van der Waals surface area (Å²) in [5.41, 5.74) is 1.70. The van der Waals surface area contributed by atoms with Crippen LogP contribution in [-0.2, 0) is 0 Å². The number of aryl methyl sites for hydroxylation is 1. The fraction of sp³-hybridized carbons (Fsp3) is 0.533. The maximum atomic E-state index is 12.1. The molecular weight excluding hydrogens is 276 g/mol. The van der Waals surface area contributed by atoms with Crippen LogP contribution in [0.4, 0.5) is 0 Å². The molecule has 1 heterocycles. The third kappa shape index (κ3) is 4.39. The van der Waals surface area contributed by atoms with Gasteiger partial charge in [-0.2, -0.15) is 0 Å². The highest BCUT2D eigenvalue weighted by molar-refractivity contribution is 5.94. The van der Waals surface area contributed by atoms with Crippen molar-refractivity contribution in [3.63, 3.8) is 0 Å². The molecule has 1 aromatic carbocycles. The van der Waals surface area contributed by atoms with Gasteiger partial charge >= 0.3 is 0 Å².